The van der Waals surface area contributed by atoms with E-state index in [1.54, 1.807) is 7.11 Å². The third kappa shape index (κ3) is 3.38. The molecule has 0 aliphatic rings. The third-order valence-corrected chi connectivity index (χ3v) is 4.46. The van der Waals surface area contributed by atoms with E-state index in [-0.39, 0.29) is 5.91 Å². The number of anilines is 1. The molecule has 1 aromatic heterocycles. The van der Waals surface area contributed by atoms with E-state index in [2.05, 4.69) is 9.69 Å². The summed E-state index contributed by atoms with van der Waals surface area (Å²) in [5.74, 6) is 0.562. The largest absolute Gasteiger partial charge is 0.497 e. The van der Waals surface area contributed by atoms with E-state index < -0.39 is 0 Å². The van der Waals surface area contributed by atoms with Crippen molar-refractivity contribution in [1.82, 2.24) is 9.69 Å². The van der Waals surface area contributed by atoms with E-state index in [0.717, 1.165) is 28.4 Å². The van der Waals surface area contributed by atoms with Gasteiger partial charge in [-0.25, -0.2) is 0 Å². The second-order valence-corrected chi connectivity index (χ2v) is 5.94. The van der Waals surface area contributed by atoms with Crippen molar-refractivity contribution in [2.24, 2.45) is 0 Å². The van der Waals surface area contributed by atoms with Gasteiger partial charge in [0.15, 0.2) is 0 Å². The number of nitrogens with two attached hydrogens (primary N) is 1. The van der Waals surface area contributed by atoms with Crippen LogP contribution in [0.4, 0.5) is 5.69 Å². The Bertz CT molecular complexity index is 829. The van der Waals surface area contributed by atoms with Crippen molar-refractivity contribution in [3.05, 3.63) is 65.0 Å². The Morgan fingerprint density at radius 1 is 1.17 bits per heavy atom. The smallest absolute Gasteiger partial charge is 0.265 e. The predicted octanol–water partition coefficient (Wildman–Crippen LogP) is 3.33. The summed E-state index contributed by atoms with van der Waals surface area (Å²) in [5.41, 5.74) is 9.06. The van der Waals surface area contributed by atoms with Gasteiger partial charge in [0.25, 0.3) is 5.91 Å². The molecule has 6 heteroatoms. The molecule has 0 aliphatic heterocycles. The summed E-state index contributed by atoms with van der Waals surface area (Å²) in [5, 5.41) is 2.87. The maximum Gasteiger partial charge on any atom is 0.265 e. The molecule has 24 heavy (non-hydrogen) atoms. The number of aromatic nitrogens is 1. The monoisotopic (exact) mass is 339 g/mol. The second-order valence-electron chi connectivity index (χ2n) is 5.17. The van der Waals surface area contributed by atoms with E-state index >= 15 is 0 Å². The van der Waals surface area contributed by atoms with Crippen LogP contribution in [0.3, 0.4) is 0 Å². The van der Waals surface area contributed by atoms with Crippen LogP contribution in [-0.4, -0.2) is 17.4 Å². The number of hydrogen-bond acceptors (Lipinski definition) is 5. The Balaban J connectivity index is 1.70. The molecule has 0 atom stereocenters. The number of amides is 1. The van der Waals surface area contributed by atoms with Gasteiger partial charge >= 0.3 is 0 Å². The Morgan fingerprint density at radius 2 is 1.88 bits per heavy atom. The highest BCUT2D eigenvalue weighted by molar-refractivity contribution is 7.09. The lowest BCUT2D eigenvalue weighted by atomic mass is 10.1. The van der Waals surface area contributed by atoms with Gasteiger partial charge in [-0.1, -0.05) is 42.5 Å². The summed E-state index contributed by atoms with van der Waals surface area (Å²) in [6.07, 6.45) is 0. The summed E-state index contributed by atoms with van der Waals surface area (Å²) in [7, 11) is 1.62. The second kappa shape index (κ2) is 7.14. The van der Waals surface area contributed by atoms with Gasteiger partial charge in [-0.05, 0) is 29.2 Å². The molecular formula is C18H17N3O2S. The number of carbonyl (C=O) groups excluding carboxylic acids is 1. The van der Waals surface area contributed by atoms with Crippen LogP contribution in [0.25, 0.3) is 11.3 Å². The summed E-state index contributed by atoms with van der Waals surface area (Å²) >= 11 is 1.11. The molecule has 3 aromatic rings. The van der Waals surface area contributed by atoms with Crippen molar-refractivity contribution in [2.75, 3.05) is 12.8 Å². The average Bonchev–Trinajstić information content (AvgIpc) is 3.02. The molecule has 0 saturated carbocycles. The lowest BCUT2D eigenvalue weighted by Gasteiger charge is -2.06. The zero-order valence-corrected chi connectivity index (χ0v) is 14.0. The summed E-state index contributed by atoms with van der Waals surface area (Å²) in [6, 6.07) is 17.1. The molecule has 3 rings (SSSR count). The highest BCUT2D eigenvalue weighted by Gasteiger charge is 2.18. The molecule has 1 amide bonds. The maximum atomic E-state index is 12.4. The first kappa shape index (κ1) is 16.0. The molecule has 5 nitrogen and oxygen atoms in total. The number of nitrogen functional groups attached to an aromatic ring is 1. The number of methoxy groups -OCH3 is 1. The molecule has 0 spiro atoms. The average molecular weight is 339 g/mol. The molecule has 0 fully saturated rings. The number of nitrogens with zero attached hydrogens (tertiary/aromatic N) is 1. The highest BCUT2D eigenvalue weighted by Crippen LogP contribution is 2.30. The summed E-state index contributed by atoms with van der Waals surface area (Å²) < 4.78 is 9.44. The summed E-state index contributed by atoms with van der Waals surface area (Å²) in [4.78, 5) is 12.8. The van der Waals surface area contributed by atoms with Gasteiger partial charge in [0, 0.05) is 12.1 Å². The van der Waals surface area contributed by atoms with E-state index in [9.17, 15) is 4.79 Å². The summed E-state index contributed by atoms with van der Waals surface area (Å²) in [6.45, 7) is 0.417. The van der Waals surface area contributed by atoms with Crippen LogP contribution in [0.1, 0.15) is 15.2 Å². The first-order chi connectivity index (χ1) is 11.7. The van der Waals surface area contributed by atoms with Gasteiger partial charge in [-0.2, -0.15) is 4.37 Å². The molecule has 1 heterocycles. The minimum atomic E-state index is -0.219. The number of hydrogen-bond donors (Lipinski definition) is 2. The van der Waals surface area contributed by atoms with Crippen molar-refractivity contribution in [3.63, 3.8) is 0 Å². The van der Waals surface area contributed by atoms with Crippen molar-refractivity contribution >= 4 is 23.1 Å². The van der Waals surface area contributed by atoms with Crippen LogP contribution < -0.4 is 15.8 Å². The Morgan fingerprint density at radius 3 is 2.54 bits per heavy atom. The molecular weight excluding hydrogens is 322 g/mol. The molecule has 2 aromatic carbocycles. The topological polar surface area (TPSA) is 77.2 Å². The van der Waals surface area contributed by atoms with E-state index in [4.69, 9.17) is 10.5 Å². The molecule has 0 aliphatic carbocycles. The third-order valence-electron chi connectivity index (χ3n) is 3.59. The van der Waals surface area contributed by atoms with Gasteiger partial charge in [-0.3, -0.25) is 4.79 Å². The van der Waals surface area contributed by atoms with Crippen LogP contribution in [0.5, 0.6) is 5.75 Å². The zero-order valence-electron chi connectivity index (χ0n) is 13.2. The minimum absolute atomic E-state index is 0.219. The first-order valence-electron chi connectivity index (χ1n) is 7.40. The number of carbonyl (C=O) groups is 1. The first-order valence-corrected chi connectivity index (χ1v) is 8.18. The molecule has 122 valence electrons. The van der Waals surface area contributed by atoms with Crippen LogP contribution in [-0.2, 0) is 6.54 Å². The van der Waals surface area contributed by atoms with Crippen LogP contribution >= 0.6 is 11.5 Å². The van der Waals surface area contributed by atoms with E-state index in [0.29, 0.717) is 22.8 Å². The van der Waals surface area contributed by atoms with Gasteiger partial charge in [-0.15, -0.1) is 0 Å². The maximum absolute atomic E-state index is 12.4. The predicted molar refractivity (Wildman–Crippen MR) is 96.1 cm³/mol. The molecule has 0 bridgehead atoms. The van der Waals surface area contributed by atoms with Crippen LogP contribution in [0.2, 0.25) is 0 Å². The van der Waals surface area contributed by atoms with Gasteiger partial charge in [0.05, 0.1) is 12.8 Å². The van der Waals surface area contributed by atoms with Crippen LogP contribution in [0, 0.1) is 0 Å². The number of ether oxygens (including phenoxy) is 1. The van der Waals surface area contributed by atoms with E-state index in [1.165, 1.54) is 0 Å². The van der Waals surface area contributed by atoms with Crippen molar-refractivity contribution in [2.45, 2.75) is 6.54 Å². The lowest BCUT2D eigenvalue weighted by Crippen LogP contribution is -2.22. The zero-order chi connectivity index (χ0) is 16.9. The standard InChI is InChI=1S/C18H17N3O2S/c1-23-14-9-7-12(8-10-14)11-20-18(22)17-15(19)16(21-24-17)13-5-3-2-4-6-13/h2-10H,11,19H2,1H3,(H,20,22). The van der Waals surface area contributed by atoms with Crippen LogP contribution in [0.15, 0.2) is 54.6 Å². The fraction of sp³-hybridized carbons (Fsp3) is 0.111. The fourth-order valence-electron chi connectivity index (χ4n) is 2.27. The normalized spacial score (nSPS) is 10.4. The lowest BCUT2D eigenvalue weighted by molar-refractivity contribution is 0.0956. The molecule has 0 saturated heterocycles. The Kier molecular flexibility index (Phi) is 4.77. The number of nitrogens with one attached hydrogen (secondary N) is 1. The number of rotatable bonds is 5. The number of benzene rings is 2. The van der Waals surface area contributed by atoms with Gasteiger partial charge in [0.2, 0.25) is 0 Å². The molecule has 0 radical (unpaired) electrons. The van der Waals surface area contributed by atoms with Gasteiger partial charge in [0.1, 0.15) is 16.3 Å². The molecule has 0 unspecified atom stereocenters. The fourth-order valence-corrected chi connectivity index (χ4v) is 3.01. The minimum Gasteiger partial charge on any atom is -0.497 e. The quantitative estimate of drug-likeness (QED) is 0.747. The SMILES string of the molecule is COc1ccc(CNC(=O)c2snc(-c3ccccc3)c2N)cc1. The Hall–Kier alpha value is -2.86. The molecule has 3 N–H and O–H groups in total. The van der Waals surface area contributed by atoms with Gasteiger partial charge < -0.3 is 15.8 Å². The van der Waals surface area contributed by atoms with Crippen molar-refractivity contribution < 1.29 is 9.53 Å². The Labute approximate surface area is 144 Å². The highest BCUT2D eigenvalue weighted by atomic mass is 32.1. The van der Waals surface area contributed by atoms with Crippen molar-refractivity contribution in [1.29, 1.82) is 0 Å². The van der Waals surface area contributed by atoms with E-state index in [1.807, 2.05) is 54.6 Å². The van der Waals surface area contributed by atoms with Crippen molar-refractivity contribution in [3.8, 4) is 17.0 Å².